The molecule has 1 aliphatic rings. The quantitative estimate of drug-likeness (QED) is 0.853. The van der Waals surface area contributed by atoms with Crippen molar-refractivity contribution in [3.8, 4) is 0 Å². The smallest absolute Gasteiger partial charge is 0.320 e. The monoisotopic (exact) mass is 262 g/mol. The van der Waals surface area contributed by atoms with Crippen molar-refractivity contribution in [3.63, 3.8) is 0 Å². The Kier molecular flexibility index (Phi) is 4.43. The fourth-order valence-electron chi connectivity index (χ4n) is 2.73. The number of nitrogens with one attached hydrogen (secondary N) is 1. The minimum Gasteiger partial charge on any atom is -0.480 e. The van der Waals surface area contributed by atoms with Crippen LogP contribution >= 0.6 is 0 Å². The number of rotatable bonds is 5. The molecule has 4 nitrogen and oxygen atoms in total. The van der Waals surface area contributed by atoms with Crippen LogP contribution in [0.2, 0.25) is 0 Å². The minimum atomic E-state index is -0.777. The van der Waals surface area contributed by atoms with Crippen molar-refractivity contribution >= 4 is 11.7 Å². The fourth-order valence-corrected chi connectivity index (χ4v) is 2.73. The lowest BCUT2D eigenvalue weighted by Gasteiger charge is -2.35. The van der Waals surface area contributed by atoms with Gasteiger partial charge < -0.3 is 15.3 Å². The van der Waals surface area contributed by atoms with Gasteiger partial charge in [0.05, 0.1) is 0 Å². The van der Waals surface area contributed by atoms with Gasteiger partial charge in [-0.15, -0.1) is 0 Å². The van der Waals surface area contributed by atoms with Gasteiger partial charge in [-0.25, -0.2) is 0 Å². The highest BCUT2D eigenvalue weighted by Gasteiger charge is 2.23. The molecular formula is C15H22N2O2. The number of aliphatic carboxylic acids is 1. The Morgan fingerprint density at radius 1 is 1.53 bits per heavy atom. The first-order chi connectivity index (χ1) is 9.13. The summed E-state index contributed by atoms with van der Waals surface area (Å²) < 4.78 is 0. The van der Waals surface area contributed by atoms with E-state index in [9.17, 15) is 4.79 Å². The molecule has 2 N–H and O–H groups in total. The zero-order valence-electron chi connectivity index (χ0n) is 11.6. The van der Waals surface area contributed by atoms with Crippen LogP contribution in [0.5, 0.6) is 0 Å². The van der Waals surface area contributed by atoms with Gasteiger partial charge in [-0.05, 0) is 37.4 Å². The number of para-hydroxylation sites is 1. The number of hydrogen-bond acceptors (Lipinski definition) is 3. The maximum absolute atomic E-state index is 11.0. The van der Waals surface area contributed by atoms with Gasteiger partial charge in [-0.1, -0.05) is 25.1 Å². The van der Waals surface area contributed by atoms with E-state index in [0.717, 1.165) is 19.5 Å². The van der Waals surface area contributed by atoms with E-state index in [1.165, 1.54) is 11.3 Å². The van der Waals surface area contributed by atoms with Crippen molar-refractivity contribution < 1.29 is 9.90 Å². The van der Waals surface area contributed by atoms with Gasteiger partial charge in [0, 0.05) is 18.8 Å². The highest BCUT2D eigenvalue weighted by molar-refractivity contribution is 5.73. The highest BCUT2D eigenvalue weighted by Crippen LogP contribution is 2.34. The second-order valence-electron chi connectivity index (χ2n) is 5.20. The first-order valence-electron chi connectivity index (χ1n) is 6.87. The fraction of sp³-hybridized carbons (Fsp3) is 0.533. The third-order valence-corrected chi connectivity index (χ3v) is 3.97. The Morgan fingerprint density at radius 3 is 2.95 bits per heavy atom. The Balaban J connectivity index is 2.06. The molecular weight excluding hydrogens is 240 g/mol. The first-order valence-corrected chi connectivity index (χ1v) is 6.87. The van der Waals surface area contributed by atoms with Crippen LogP contribution in [0.25, 0.3) is 0 Å². The van der Waals surface area contributed by atoms with E-state index in [-0.39, 0.29) is 0 Å². The molecule has 0 saturated heterocycles. The van der Waals surface area contributed by atoms with Gasteiger partial charge in [0.2, 0.25) is 0 Å². The van der Waals surface area contributed by atoms with E-state index in [0.29, 0.717) is 12.3 Å². The molecule has 1 aromatic rings. The minimum absolute atomic E-state index is 0.466. The topological polar surface area (TPSA) is 52.6 Å². The Bertz CT molecular complexity index is 448. The van der Waals surface area contributed by atoms with Gasteiger partial charge in [0.1, 0.15) is 6.04 Å². The van der Waals surface area contributed by atoms with Crippen LogP contribution in [0.3, 0.4) is 0 Å². The van der Waals surface area contributed by atoms with Crippen molar-refractivity contribution in [3.05, 3.63) is 29.8 Å². The molecule has 0 aliphatic carbocycles. The molecule has 2 unspecified atom stereocenters. The summed E-state index contributed by atoms with van der Waals surface area (Å²) in [5.41, 5.74) is 2.64. The number of anilines is 1. The maximum Gasteiger partial charge on any atom is 0.320 e. The van der Waals surface area contributed by atoms with Crippen molar-refractivity contribution in [1.29, 1.82) is 0 Å². The van der Waals surface area contributed by atoms with Crippen LogP contribution in [-0.2, 0) is 4.79 Å². The number of fused-ring (bicyclic) bond motifs is 1. The molecule has 2 rings (SSSR count). The summed E-state index contributed by atoms with van der Waals surface area (Å²) in [6.07, 6.45) is 1.75. The second kappa shape index (κ2) is 6.06. The average Bonchev–Trinajstić information content (AvgIpc) is 2.42. The summed E-state index contributed by atoms with van der Waals surface area (Å²) in [5.74, 6) is -0.187. The third-order valence-electron chi connectivity index (χ3n) is 3.97. The van der Waals surface area contributed by atoms with E-state index in [1.54, 1.807) is 7.05 Å². The lowest BCUT2D eigenvalue weighted by Crippen LogP contribution is -2.39. The van der Waals surface area contributed by atoms with Crippen molar-refractivity contribution in [2.24, 2.45) is 0 Å². The molecule has 1 aromatic carbocycles. The van der Waals surface area contributed by atoms with Gasteiger partial charge in [0.25, 0.3) is 0 Å². The van der Waals surface area contributed by atoms with E-state index >= 15 is 0 Å². The lowest BCUT2D eigenvalue weighted by molar-refractivity contribution is -0.139. The van der Waals surface area contributed by atoms with E-state index in [2.05, 4.69) is 41.4 Å². The summed E-state index contributed by atoms with van der Waals surface area (Å²) in [7, 11) is 1.70. The predicted octanol–water partition coefficient (Wildman–Crippen LogP) is 2.06. The van der Waals surface area contributed by atoms with Crippen molar-refractivity contribution in [2.75, 3.05) is 25.0 Å². The molecule has 0 fully saturated rings. The van der Waals surface area contributed by atoms with Gasteiger partial charge in [-0.3, -0.25) is 4.79 Å². The van der Waals surface area contributed by atoms with E-state index in [1.807, 2.05) is 0 Å². The molecule has 0 amide bonds. The van der Waals surface area contributed by atoms with Gasteiger partial charge in [0.15, 0.2) is 0 Å². The molecule has 1 aliphatic heterocycles. The summed E-state index contributed by atoms with van der Waals surface area (Å²) in [4.78, 5) is 13.3. The van der Waals surface area contributed by atoms with Crippen LogP contribution in [0.15, 0.2) is 24.3 Å². The second-order valence-corrected chi connectivity index (χ2v) is 5.20. The first kappa shape index (κ1) is 13.9. The number of likely N-dealkylation sites (N-methyl/N-ethyl adjacent to an activating group) is 1. The average molecular weight is 262 g/mol. The summed E-state index contributed by atoms with van der Waals surface area (Å²) >= 11 is 0. The molecule has 4 heteroatoms. The highest BCUT2D eigenvalue weighted by atomic mass is 16.4. The zero-order chi connectivity index (χ0) is 13.8. The number of benzene rings is 1. The maximum atomic E-state index is 11.0. The molecule has 0 aromatic heterocycles. The van der Waals surface area contributed by atoms with Crippen LogP contribution in [0, 0.1) is 0 Å². The number of hydrogen-bond donors (Lipinski definition) is 2. The molecule has 0 bridgehead atoms. The largest absolute Gasteiger partial charge is 0.480 e. The number of nitrogens with zero attached hydrogens (tertiary/aromatic N) is 1. The van der Waals surface area contributed by atoms with Crippen molar-refractivity contribution in [1.82, 2.24) is 5.32 Å². The Labute approximate surface area is 114 Å². The van der Waals surface area contributed by atoms with E-state index < -0.39 is 12.0 Å². The Hall–Kier alpha value is -1.55. The standard InChI is InChI=1S/C15H22N2O2/c1-11-7-9-17(10-8-13(16-2)15(18)19)14-6-4-3-5-12(11)14/h3-6,11,13,16H,7-10H2,1-2H3,(H,18,19). The summed E-state index contributed by atoms with van der Waals surface area (Å²) in [6, 6.07) is 7.98. The van der Waals surface area contributed by atoms with Crippen molar-refractivity contribution in [2.45, 2.75) is 31.7 Å². The van der Waals surface area contributed by atoms with Crippen LogP contribution in [-0.4, -0.2) is 37.3 Å². The zero-order valence-corrected chi connectivity index (χ0v) is 11.6. The van der Waals surface area contributed by atoms with Crippen LogP contribution in [0.4, 0.5) is 5.69 Å². The normalized spacial score (nSPS) is 19.9. The molecule has 104 valence electrons. The van der Waals surface area contributed by atoms with E-state index in [4.69, 9.17) is 5.11 Å². The molecule has 0 saturated carbocycles. The number of carbonyl (C=O) groups is 1. The predicted molar refractivity (Wildman–Crippen MR) is 76.8 cm³/mol. The molecule has 0 radical (unpaired) electrons. The van der Waals surface area contributed by atoms with Crippen LogP contribution in [0.1, 0.15) is 31.2 Å². The third kappa shape index (κ3) is 3.07. The molecule has 2 atom stereocenters. The Morgan fingerprint density at radius 2 is 2.26 bits per heavy atom. The van der Waals surface area contributed by atoms with Gasteiger partial charge >= 0.3 is 5.97 Å². The number of carboxylic acid groups (broad SMARTS) is 1. The van der Waals surface area contributed by atoms with Crippen LogP contribution < -0.4 is 10.2 Å². The van der Waals surface area contributed by atoms with Gasteiger partial charge in [-0.2, -0.15) is 0 Å². The molecule has 1 heterocycles. The lowest BCUT2D eigenvalue weighted by atomic mass is 9.91. The summed E-state index contributed by atoms with van der Waals surface area (Å²) in [5, 5.41) is 11.9. The SMILES string of the molecule is CNC(CCN1CCC(C)c2ccccc21)C(=O)O. The summed E-state index contributed by atoms with van der Waals surface area (Å²) in [6.45, 7) is 4.04. The molecule has 19 heavy (non-hydrogen) atoms. The molecule has 0 spiro atoms. The number of carboxylic acids is 1.